The van der Waals surface area contributed by atoms with E-state index in [0.29, 0.717) is 5.69 Å². The van der Waals surface area contributed by atoms with E-state index in [1.807, 2.05) is 48.5 Å². The van der Waals surface area contributed by atoms with Gasteiger partial charge in [-0.05, 0) is 44.9 Å². The van der Waals surface area contributed by atoms with E-state index >= 15 is 0 Å². The SMILES string of the molecule is Cc1cc(C)n(C[C@H]2CCCN2C(=O)c2ccc(N(C)C)nn2)n1. The molecular formula is C17H24N6O. The quantitative estimate of drug-likeness (QED) is 0.854. The van der Waals surface area contributed by atoms with E-state index in [1.54, 1.807) is 6.07 Å². The average Bonchev–Trinajstić information content (AvgIpc) is 3.13. The lowest BCUT2D eigenvalue weighted by Gasteiger charge is -2.24. The van der Waals surface area contributed by atoms with Crippen LogP contribution in [0.1, 0.15) is 34.7 Å². The molecule has 2 aromatic rings. The van der Waals surface area contributed by atoms with Crippen LogP contribution < -0.4 is 4.90 Å². The van der Waals surface area contributed by atoms with Crippen LogP contribution >= 0.6 is 0 Å². The Balaban J connectivity index is 1.74. The maximum atomic E-state index is 12.8. The largest absolute Gasteiger partial charge is 0.361 e. The van der Waals surface area contributed by atoms with Gasteiger partial charge in [-0.1, -0.05) is 0 Å². The molecule has 0 bridgehead atoms. The van der Waals surface area contributed by atoms with E-state index in [-0.39, 0.29) is 11.9 Å². The number of aromatic nitrogens is 4. The fraction of sp³-hybridized carbons (Fsp3) is 0.529. The van der Waals surface area contributed by atoms with Crippen molar-refractivity contribution in [3.05, 3.63) is 35.3 Å². The van der Waals surface area contributed by atoms with Crippen molar-refractivity contribution in [3.8, 4) is 0 Å². The first-order chi connectivity index (χ1) is 11.5. The van der Waals surface area contributed by atoms with E-state index in [4.69, 9.17) is 0 Å². The average molecular weight is 328 g/mol. The minimum atomic E-state index is -0.0446. The van der Waals surface area contributed by atoms with E-state index in [2.05, 4.69) is 21.4 Å². The summed E-state index contributed by atoms with van der Waals surface area (Å²) >= 11 is 0. The molecular weight excluding hydrogens is 304 g/mol. The minimum Gasteiger partial charge on any atom is -0.361 e. The molecule has 0 aromatic carbocycles. The summed E-state index contributed by atoms with van der Waals surface area (Å²) in [6.45, 7) is 5.53. The minimum absolute atomic E-state index is 0.0446. The number of hydrogen-bond acceptors (Lipinski definition) is 5. The number of aryl methyl sites for hydroxylation is 2. The summed E-state index contributed by atoms with van der Waals surface area (Å²) in [6.07, 6.45) is 2.01. The van der Waals surface area contributed by atoms with E-state index in [1.165, 1.54) is 0 Å². The Hall–Kier alpha value is -2.44. The molecule has 1 aliphatic heterocycles. The second kappa shape index (κ2) is 6.59. The van der Waals surface area contributed by atoms with Crippen LogP contribution in [-0.4, -0.2) is 57.5 Å². The van der Waals surface area contributed by atoms with Crippen LogP contribution in [0.4, 0.5) is 5.82 Å². The standard InChI is InChI=1S/C17H24N6O/c1-12-10-13(2)23(20-12)11-14-6-5-9-22(14)17(24)15-7-8-16(19-18-15)21(3)4/h7-8,10,14H,5-6,9,11H2,1-4H3/t14-/m1/s1. The molecule has 0 spiro atoms. The van der Waals surface area contributed by atoms with Crippen molar-refractivity contribution in [3.63, 3.8) is 0 Å². The normalized spacial score (nSPS) is 17.3. The van der Waals surface area contributed by atoms with Gasteiger partial charge < -0.3 is 9.80 Å². The van der Waals surface area contributed by atoms with Crippen molar-refractivity contribution in [1.82, 2.24) is 24.9 Å². The lowest BCUT2D eigenvalue weighted by atomic mass is 10.2. The molecule has 7 nitrogen and oxygen atoms in total. The predicted molar refractivity (Wildman–Crippen MR) is 92.1 cm³/mol. The van der Waals surface area contributed by atoms with Crippen molar-refractivity contribution in [1.29, 1.82) is 0 Å². The van der Waals surface area contributed by atoms with Crippen LogP contribution in [0.2, 0.25) is 0 Å². The molecule has 1 saturated heterocycles. The summed E-state index contributed by atoms with van der Waals surface area (Å²) in [5, 5.41) is 12.7. The topological polar surface area (TPSA) is 67.2 Å². The number of rotatable bonds is 4. The Morgan fingerprint density at radius 2 is 2.08 bits per heavy atom. The first-order valence-corrected chi connectivity index (χ1v) is 8.29. The van der Waals surface area contributed by atoms with Crippen LogP contribution in [0.5, 0.6) is 0 Å². The first kappa shape index (κ1) is 16.4. The lowest BCUT2D eigenvalue weighted by Crippen LogP contribution is -2.39. The van der Waals surface area contributed by atoms with Gasteiger partial charge in [0.1, 0.15) is 0 Å². The third-order valence-electron chi connectivity index (χ3n) is 4.45. The summed E-state index contributed by atoms with van der Waals surface area (Å²) in [4.78, 5) is 16.6. The molecule has 1 amide bonds. The third kappa shape index (κ3) is 3.25. The van der Waals surface area contributed by atoms with Gasteiger partial charge in [-0.15, -0.1) is 10.2 Å². The van der Waals surface area contributed by atoms with Crippen LogP contribution in [0.3, 0.4) is 0 Å². The molecule has 1 aliphatic rings. The monoisotopic (exact) mass is 328 g/mol. The van der Waals surface area contributed by atoms with Gasteiger partial charge in [0.15, 0.2) is 11.5 Å². The zero-order valence-corrected chi connectivity index (χ0v) is 14.7. The molecule has 0 aliphatic carbocycles. The molecule has 0 N–H and O–H groups in total. The number of amides is 1. The maximum absolute atomic E-state index is 12.8. The van der Waals surface area contributed by atoms with Gasteiger partial charge in [0.2, 0.25) is 0 Å². The van der Waals surface area contributed by atoms with Crippen molar-refractivity contribution in [2.24, 2.45) is 0 Å². The Bertz CT molecular complexity index is 721. The zero-order chi connectivity index (χ0) is 17.3. The lowest BCUT2D eigenvalue weighted by molar-refractivity contribution is 0.0714. The summed E-state index contributed by atoms with van der Waals surface area (Å²) in [5.74, 6) is 0.698. The van der Waals surface area contributed by atoms with Crippen LogP contribution in [0.15, 0.2) is 18.2 Å². The van der Waals surface area contributed by atoms with Crippen molar-refractivity contribution < 1.29 is 4.79 Å². The zero-order valence-electron chi connectivity index (χ0n) is 14.7. The highest BCUT2D eigenvalue weighted by molar-refractivity contribution is 5.92. The van der Waals surface area contributed by atoms with Crippen molar-refractivity contribution >= 4 is 11.7 Å². The number of nitrogens with zero attached hydrogens (tertiary/aromatic N) is 6. The van der Waals surface area contributed by atoms with Gasteiger partial charge in [0.25, 0.3) is 5.91 Å². The number of likely N-dealkylation sites (tertiary alicyclic amines) is 1. The Kier molecular flexibility index (Phi) is 4.51. The molecule has 24 heavy (non-hydrogen) atoms. The molecule has 0 unspecified atom stereocenters. The second-order valence-electron chi connectivity index (χ2n) is 6.58. The number of carbonyl (C=O) groups is 1. The Morgan fingerprint density at radius 3 is 2.67 bits per heavy atom. The summed E-state index contributed by atoms with van der Waals surface area (Å²) in [7, 11) is 3.80. The predicted octanol–water partition coefficient (Wildman–Crippen LogP) is 1.66. The highest BCUT2D eigenvalue weighted by Gasteiger charge is 2.31. The van der Waals surface area contributed by atoms with Gasteiger partial charge in [-0.2, -0.15) is 5.10 Å². The number of hydrogen-bond donors (Lipinski definition) is 0. The second-order valence-corrected chi connectivity index (χ2v) is 6.58. The fourth-order valence-electron chi connectivity index (χ4n) is 3.18. The highest BCUT2D eigenvalue weighted by atomic mass is 16.2. The van der Waals surface area contributed by atoms with E-state index in [0.717, 1.165) is 43.1 Å². The number of anilines is 1. The smallest absolute Gasteiger partial charge is 0.274 e. The molecule has 3 rings (SSSR count). The van der Waals surface area contributed by atoms with Gasteiger partial charge in [-0.25, -0.2) is 0 Å². The molecule has 2 aromatic heterocycles. The van der Waals surface area contributed by atoms with Crippen LogP contribution in [0.25, 0.3) is 0 Å². The molecule has 128 valence electrons. The molecule has 7 heteroatoms. The summed E-state index contributed by atoms with van der Waals surface area (Å²) in [6, 6.07) is 5.80. The molecule has 1 atom stereocenters. The Labute approximate surface area is 142 Å². The van der Waals surface area contributed by atoms with Crippen molar-refractivity contribution in [2.45, 2.75) is 39.3 Å². The van der Waals surface area contributed by atoms with Gasteiger partial charge >= 0.3 is 0 Å². The molecule has 1 fully saturated rings. The molecule has 0 saturated carbocycles. The summed E-state index contributed by atoms with van der Waals surface area (Å²) in [5.41, 5.74) is 2.54. The number of carbonyl (C=O) groups excluding carboxylic acids is 1. The van der Waals surface area contributed by atoms with Gasteiger partial charge in [-0.3, -0.25) is 9.48 Å². The summed E-state index contributed by atoms with van der Waals surface area (Å²) < 4.78 is 1.99. The Morgan fingerprint density at radius 1 is 1.29 bits per heavy atom. The maximum Gasteiger partial charge on any atom is 0.274 e. The molecule has 0 radical (unpaired) electrons. The fourth-order valence-corrected chi connectivity index (χ4v) is 3.18. The molecule has 3 heterocycles. The first-order valence-electron chi connectivity index (χ1n) is 8.29. The van der Waals surface area contributed by atoms with Crippen molar-refractivity contribution in [2.75, 3.05) is 25.5 Å². The van der Waals surface area contributed by atoms with Gasteiger partial charge in [0, 0.05) is 26.3 Å². The van der Waals surface area contributed by atoms with Gasteiger partial charge in [0.05, 0.1) is 18.3 Å². The third-order valence-corrected chi connectivity index (χ3v) is 4.45. The van der Waals surface area contributed by atoms with E-state index in [9.17, 15) is 4.79 Å². The van der Waals surface area contributed by atoms with Crippen LogP contribution in [0, 0.1) is 13.8 Å². The van der Waals surface area contributed by atoms with Crippen LogP contribution in [-0.2, 0) is 6.54 Å². The highest BCUT2D eigenvalue weighted by Crippen LogP contribution is 2.22. The van der Waals surface area contributed by atoms with E-state index < -0.39 is 0 Å².